The Kier molecular flexibility index (Phi) is 4.04. The summed E-state index contributed by atoms with van der Waals surface area (Å²) in [4.78, 5) is 24.1. The standard InChI is InChI=1S/C12H13ClN2O3/c13-7-11(16)14-10-3-1-2-9(6-10)8-15-4-5-18-12(15)17/h1-3,6H,4-5,7-8H2,(H,14,16). The van der Waals surface area contributed by atoms with Crippen LogP contribution >= 0.6 is 11.6 Å². The predicted octanol–water partition coefficient (Wildman–Crippen LogP) is 1.82. The minimum atomic E-state index is -0.301. The van der Waals surface area contributed by atoms with Crippen LogP contribution in [0.1, 0.15) is 5.56 Å². The summed E-state index contributed by atoms with van der Waals surface area (Å²) in [5.41, 5.74) is 1.60. The van der Waals surface area contributed by atoms with E-state index in [1.54, 1.807) is 11.0 Å². The van der Waals surface area contributed by atoms with Crippen molar-refractivity contribution in [2.75, 3.05) is 24.3 Å². The van der Waals surface area contributed by atoms with Crippen LogP contribution in [0.4, 0.5) is 10.5 Å². The van der Waals surface area contributed by atoms with Gasteiger partial charge in [0.05, 0.1) is 6.54 Å². The number of nitrogens with zero attached hydrogens (tertiary/aromatic N) is 1. The number of benzene rings is 1. The van der Waals surface area contributed by atoms with Gasteiger partial charge in [-0.05, 0) is 17.7 Å². The molecule has 0 atom stereocenters. The third kappa shape index (κ3) is 3.13. The second-order valence-electron chi connectivity index (χ2n) is 3.92. The number of hydrogen-bond donors (Lipinski definition) is 1. The topological polar surface area (TPSA) is 58.6 Å². The number of alkyl halides is 1. The quantitative estimate of drug-likeness (QED) is 0.848. The molecule has 0 spiro atoms. The highest BCUT2D eigenvalue weighted by Crippen LogP contribution is 2.15. The minimum Gasteiger partial charge on any atom is -0.448 e. The zero-order chi connectivity index (χ0) is 13.0. The number of nitrogens with one attached hydrogen (secondary N) is 1. The van der Waals surface area contributed by atoms with E-state index in [2.05, 4.69) is 5.32 Å². The maximum atomic E-state index is 11.3. The number of ether oxygens (including phenoxy) is 1. The van der Waals surface area contributed by atoms with Crippen molar-refractivity contribution in [3.05, 3.63) is 29.8 Å². The van der Waals surface area contributed by atoms with Crippen molar-refractivity contribution >= 4 is 29.3 Å². The molecule has 1 saturated heterocycles. The van der Waals surface area contributed by atoms with Crippen LogP contribution in [0.3, 0.4) is 0 Å². The molecule has 1 fully saturated rings. The van der Waals surface area contributed by atoms with Crippen molar-refractivity contribution in [2.24, 2.45) is 0 Å². The molecular formula is C12H13ClN2O3. The lowest BCUT2D eigenvalue weighted by atomic mass is 10.2. The van der Waals surface area contributed by atoms with Crippen LogP contribution in [0.5, 0.6) is 0 Å². The van der Waals surface area contributed by atoms with Gasteiger partial charge in [0.2, 0.25) is 5.91 Å². The van der Waals surface area contributed by atoms with Gasteiger partial charge in [-0.2, -0.15) is 0 Å². The minimum absolute atomic E-state index is 0.0807. The molecule has 0 aromatic heterocycles. The average molecular weight is 269 g/mol. The zero-order valence-corrected chi connectivity index (χ0v) is 10.4. The van der Waals surface area contributed by atoms with Gasteiger partial charge in [0.1, 0.15) is 12.5 Å². The maximum Gasteiger partial charge on any atom is 0.410 e. The Bertz CT molecular complexity index is 464. The molecule has 0 bridgehead atoms. The van der Waals surface area contributed by atoms with Gasteiger partial charge in [0, 0.05) is 12.2 Å². The normalized spacial score (nSPS) is 14.5. The van der Waals surface area contributed by atoms with Crippen molar-refractivity contribution in [3.63, 3.8) is 0 Å². The van der Waals surface area contributed by atoms with Crippen LogP contribution in [-0.2, 0) is 16.1 Å². The molecule has 0 aliphatic carbocycles. The monoisotopic (exact) mass is 268 g/mol. The second kappa shape index (κ2) is 5.73. The summed E-state index contributed by atoms with van der Waals surface area (Å²) in [7, 11) is 0. The second-order valence-corrected chi connectivity index (χ2v) is 4.19. The number of carbonyl (C=O) groups is 2. The lowest BCUT2D eigenvalue weighted by molar-refractivity contribution is -0.113. The molecular weight excluding hydrogens is 256 g/mol. The molecule has 1 N–H and O–H groups in total. The first-order chi connectivity index (χ1) is 8.69. The highest BCUT2D eigenvalue weighted by molar-refractivity contribution is 6.29. The molecule has 1 aliphatic heterocycles. The van der Waals surface area contributed by atoms with Crippen LogP contribution < -0.4 is 5.32 Å². The number of anilines is 1. The Hall–Kier alpha value is -1.75. The molecule has 0 unspecified atom stereocenters. The Morgan fingerprint density at radius 2 is 2.33 bits per heavy atom. The molecule has 0 radical (unpaired) electrons. The number of halogens is 1. The van der Waals surface area contributed by atoms with Gasteiger partial charge in [-0.15, -0.1) is 11.6 Å². The van der Waals surface area contributed by atoms with Gasteiger partial charge in [0.25, 0.3) is 0 Å². The van der Waals surface area contributed by atoms with E-state index in [0.717, 1.165) is 5.56 Å². The number of cyclic esters (lactones) is 1. The molecule has 5 nitrogen and oxygen atoms in total. The molecule has 2 rings (SSSR count). The first-order valence-corrected chi connectivity index (χ1v) is 6.09. The van der Waals surface area contributed by atoms with E-state index in [1.165, 1.54) is 0 Å². The predicted molar refractivity (Wildman–Crippen MR) is 67.5 cm³/mol. The SMILES string of the molecule is O=C(CCl)Nc1cccc(CN2CCOC2=O)c1. The van der Waals surface area contributed by atoms with Gasteiger partial charge < -0.3 is 15.0 Å². The van der Waals surface area contributed by atoms with Crippen molar-refractivity contribution in [1.82, 2.24) is 4.90 Å². The Morgan fingerprint density at radius 3 is 3.00 bits per heavy atom. The number of hydrogen-bond acceptors (Lipinski definition) is 3. The lowest BCUT2D eigenvalue weighted by Crippen LogP contribution is -2.23. The maximum absolute atomic E-state index is 11.3. The molecule has 96 valence electrons. The van der Waals surface area contributed by atoms with E-state index in [4.69, 9.17) is 16.3 Å². The molecule has 1 aromatic rings. The molecule has 1 aromatic carbocycles. The van der Waals surface area contributed by atoms with Crippen molar-refractivity contribution in [2.45, 2.75) is 6.54 Å². The fraction of sp³-hybridized carbons (Fsp3) is 0.333. The smallest absolute Gasteiger partial charge is 0.410 e. The number of amides is 2. The summed E-state index contributed by atoms with van der Waals surface area (Å²) >= 11 is 5.42. The van der Waals surface area contributed by atoms with Crippen LogP contribution in [0.15, 0.2) is 24.3 Å². The van der Waals surface area contributed by atoms with Crippen LogP contribution in [0.25, 0.3) is 0 Å². The molecule has 6 heteroatoms. The van der Waals surface area contributed by atoms with Crippen molar-refractivity contribution in [3.8, 4) is 0 Å². The van der Waals surface area contributed by atoms with E-state index >= 15 is 0 Å². The van der Waals surface area contributed by atoms with Gasteiger partial charge >= 0.3 is 6.09 Å². The first-order valence-electron chi connectivity index (χ1n) is 5.55. The van der Waals surface area contributed by atoms with Crippen LogP contribution in [0.2, 0.25) is 0 Å². The largest absolute Gasteiger partial charge is 0.448 e. The zero-order valence-electron chi connectivity index (χ0n) is 9.69. The third-order valence-corrected chi connectivity index (χ3v) is 2.79. The summed E-state index contributed by atoms with van der Waals surface area (Å²) in [5, 5.41) is 2.66. The fourth-order valence-electron chi connectivity index (χ4n) is 1.73. The summed E-state index contributed by atoms with van der Waals surface area (Å²) in [6.45, 7) is 1.50. The summed E-state index contributed by atoms with van der Waals surface area (Å²) in [6, 6.07) is 7.30. The number of carbonyl (C=O) groups excluding carboxylic acids is 2. The van der Waals surface area contributed by atoms with Gasteiger partial charge in [-0.3, -0.25) is 4.79 Å². The molecule has 2 amide bonds. The van der Waals surface area contributed by atoms with Crippen LogP contribution in [-0.4, -0.2) is 35.9 Å². The third-order valence-electron chi connectivity index (χ3n) is 2.55. The molecule has 18 heavy (non-hydrogen) atoms. The van der Waals surface area contributed by atoms with Crippen molar-refractivity contribution < 1.29 is 14.3 Å². The van der Waals surface area contributed by atoms with Gasteiger partial charge in [-0.1, -0.05) is 12.1 Å². The summed E-state index contributed by atoms with van der Waals surface area (Å²) in [6.07, 6.45) is -0.301. The van der Waals surface area contributed by atoms with E-state index in [1.807, 2.05) is 18.2 Å². The first kappa shape index (κ1) is 12.7. The van der Waals surface area contributed by atoms with E-state index < -0.39 is 0 Å². The molecule has 0 saturated carbocycles. The Morgan fingerprint density at radius 1 is 1.50 bits per heavy atom. The summed E-state index contributed by atoms with van der Waals surface area (Å²) in [5.74, 6) is -0.336. The van der Waals surface area contributed by atoms with Crippen LogP contribution in [0, 0.1) is 0 Å². The lowest BCUT2D eigenvalue weighted by Gasteiger charge is -2.13. The number of rotatable bonds is 4. The Balaban J connectivity index is 2.02. The summed E-state index contributed by atoms with van der Waals surface area (Å²) < 4.78 is 4.85. The van der Waals surface area contributed by atoms with Gasteiger partial charge in [-0.25, -0.2) is 4.79 Å². The van der Waals surface area contributed by atoms with E-state index in [-0.39, 0.29) is 17.9 Å². The highest BCUT2D eigenvalue weighted by atomic mass is 35.5. The fourth-order valence-corrected chi connectivity index (χ4v) is 1.80. The average Bonchev–Trinajstić information content (AvgIpc) is 2.75. The van der Waals surface area contributed by atoms with E-state index in [0.29, 0.717) is 25.4 Å². The molecule has 1 heterocycles. The highest BCUT2D eigenvalue weighted by Gasteiger charge is 2.21. The van der Waals surface area contributed by atoms with Gasteiger partial charge in [0.15, 0.2) is 0 Å². The molecule has 1 aliphatic rings. The Labute approximate surface area is 110 Å². The van der Waals surface area contributed by atoms with Crippen molar-refractivity contribution in [1.29, 1.82) is 0 Å². The van der Waals surface area contributed by atoms with E-state index in [9.17, 15) is 9.59 Å².